The third-order valence-electron chi connectivity index (χ3n) is 16.1. The number of aromatic nitrogens is 3. The van der Waals surface area contributed by atoms with Crippen molar-refractivity contribution in [2.75, 3.05) is 0 Å². The molecule has 0 unspecified atom stereocenters. The van der Waals surface area contributed by atoms with Crippen LogP contribution in [0.15, 0.2) is 206 Å². The molecule has 0 saturated carbocycles. The molecule has 374 valence electrons. The van der Waals surface area contributed by atoms with Crippen LogP contribution in [0.3, 0.4) is 0 Å². The van der Waals surface area contributed by atoms with Crippen LogP contribution in [0.2, 0.25) is 0 Å². The summed E-state index contributed by atoms with van der Waals surface area (Å²) in [6.45, 7) is 17.4. The average molecular weight is 1000 g/mol. The van der Waals surface area contributed by atoms with Gasteiger partial charge in [0, 0.05) is 32.7 Å². The first kappa shape index (κ1) is 48.1. The van der Waals surface area contributed by atoms with Crippen LogP contribution in [0.25, 0.3) is 122 Å². The van der Waals surface area contributed by atoms with Crippen LogP contribution in [0, 0.1) is 66.7 Å². The highest BCUT2D eigenvalue weighted by Gasteiger charge is 2.25. The maximum absolute atomic E-state index is 12.2. The van der Waals surface area contributed by atoms with E-state index >= 15 is 0 Å². The van der Waals surface area contributed by atoms with Crippen LogP contribution < -0.4 is 0 Å². The molecule has 0 radical (unpaired) electrons. The monoisotopic (exact) mass is 1000 g/mol. The van der Waals surface area contributed by atoms with Gasteiger partial charge in [-0.05, 0) is 171 Å². The number of rotatable bonds is 8. The van der Waals surface area contributed by atoms with Crippen molar-refractivity contribution in [1.29, 1.82) is 5.26 Å². The fraction of sp³-hybridized carbons (Fsp3) is 0.108. The molecule has 3 heterocycles. The fourth-order valence-corrected chi connectivity index (χ4v) is 12.4. The quantitative estimate of drug-likeness (QED) is 0.152. The van der Waals surface area contributed by atoms with Crippen LogP contribution in [0.4, 0.5) is 0 Å². The molecule has 3 aromatic heterocycles. The lowest BCUT2D eigenvalue weighted by Gasteiger charge is -2.19. The number of hydrogen-bond donors (Lipinski definition) is 0. The van der Waals surface area contributed by atoms with E-state index in [1.165, 1.54) is 66.8 Å². The summed E-state index contributed by atoms with van der Waals surface area (Å²) in [7, 11) is 0. The molecule has 0 aliphatic heterocycles. The van der Waals surface area contributed by atoms with Crippen LogP contribution in [-0.2, 0) is 0 Å². The minimum Gasteiger partial charge on any atom is -0.308 e. The van der Waals surface area contributed by atoms with E-state index in [9.17, 15) is 5.26 Å². The molecule has 0 aliphatic rings. The van der Waals surface area contributed by atoms with E-state index in [1.54, 1.807) is 0 Å². The molecule has 13 rings (SSSR count). The Bertz CT molecular complexity index is 4190. The van der Waals surface area contributed by atoms with Gasteiger partial charge in [0.15, 0.2) is 0 Å². The number of nitriles is 1. The molecule has 0 aliphatic carbocycles. The van der Waals surface area contributed by atoms with Gasteiger partial charge in [0.2, 0.25) is 0 Å². The Morgan fingerprint density at radius 2 is 0.641 bits per heavy atom. The Hall–Kier alpha value is -9.56. The lowest BCUT2D eigenvalue weighted by Crippen LogP contribution is -2.06. The molecule has 0 amide bonds. The Kier molecular flexibility index (Phi) is 11.7. The standard InChI is InChI=1S/C74H58N4/c1-44-17-25-58(48(5)33-44)53-21-29-62-63-30-22-54(59-26-18-45(2)34-49(59)6)38-70(63)77(69(62)37-53)73-41-57(68-16-12-15-67(76-68)52-13-10-9-11-14-52)42-74(66(73)43-75)78-71-39-55(60-27-19-46(3)35-50(60)7)23-31-64(71)65-32-24-56(40-72(65)78)61-28-20-47(4)36-51(61)8/h9-42H,1-8H3. The predicted molar refractivity (Wildman–Crippen MR) is 328 cm³/mol. The third kappa shape index (κ3) is 8.19. The van der Waals surface area contributed by atoms with E-state index in [1.807, 2.05) is 6.07 Å². The minimum absolute atomic E-state index is 0.554. The van der Waals surface area contributed by atoms with E-state index in [-0.39, 0.29) is 0 Å². The highest BCUT2D eigenvalue weighted by Crippen LogP contribution is 2.44. The number of aryl methyl sites for hydroxylation is 8. The van der Waals surface area contributed by atoms with Gasteiger partial charge in [-0.1, -0.05) is 180 Å². The van der Waals surface area contributed by atoms with Crippen molar-refractivity contribution in [2.24, 2.45) is 0 Å². The molecule has 0 spiro atoms. The van der Waals surface area contributed by atoms with Crippen molar-refractivity contribution in [3.63, 3.8) is 0 Å². The first-order chi connectivity index (χ1) is 37.9. The Labute approximate surface area is 456 Å². The SMILES string of the molecule is Cc1ccc(-c2ccc3c4ccc(-c5ccc(C)cc5C)cc4n(-c4cc(-c5cccc(-c6ccccc6)n5)cc(-n5c6cc(-c7ccc(C)cc7C)ccc6c6ccc(-c7ccc(C)cc7C)cc65)c4C#N)c3c2)c(C)c1. The topological polar surface area (TPSA) is 46.5 Å². The second-order valence-corrected chi connectivity index (χ2v) is 21.6. The summed E-state index contributed by atoms with van der Waals surface area (Å²) in [5.74, 6) is 0. The van der Waals surface area contributed by atoms with Gasteiger partial charge in [0.25, 0.3) is 0 Å². The van der Waals surface area contributed by atoms with Crippen LogP contribution in [0.5, 0.6) is 0 Å². The summed E-state index contributed by atoms with van der Waals surface area (Å²) < 4.78 is 4.74. The first-order valence-electron chi connectivity index (χ1n) is 27.0. The number of pyridine rings is 1. The molecular formula is C74H58N4. The van der Waals surface area contributed by atoms with Crippen LogP contribution in [0.1, 0.15) is 50.1 Å². The maximum atomic E-state index is 12.2. The fourth-order valence-electron chi connectivity index (χ4n) is 12.4. The van der Waals surface area contributed by atoms with E-state index < -0.39 is 0 Å². The molecule has 0 bridgehead atoms. The van der Waals surface area contributed by atoms with Crippen molar-refractivity contribution >= 4 is 43.6 Å². The molecule has 0 saturated heterocycles. The highest BCUT2D eigenvalue weighted by atomic mass is 15.0. The normalized spacial score (nSPS) is 11.6. The highest BCUT2D eigenvalue weighted by molar-refractivity contribution is 6.13. The molecule has 10 aromatic carbocycles. The van der Waals surface area contributed by atoms with Crippen molar-refractivity contribution in [3.8, 4) is 84.5 Å². The molecule has 78 heavy (non-hydrogen) atoms. The third-order valence-corrected chi connectivity index (χ3v) is 16.1. The van der Waals surface area contributed by atoms with Crippen molar-refractivity contribution < 1.29 is 0 Å². The van der Waals surface area contributed by atoms with Crippen LogP contribution >= 0.6 is 0 Å². The smallest absolute Gasteiger partial charge is 0.104 e. The summed E-state index contributed by atoms with van der Waals surface area (Å²) in [5.41, 5.74) is 28.7. The molecule has 0 fully saturated rings. The van der Waals surface area contributed by atoms with Gasteiger partial charge < -0.3 is 9.13 Å². The van der Waals surface area contributed by atoms with Gasteiger partial charge in [0.05, 0.1) is 44.8 Å². The Morgan fingerprint density at radius 1 is 0.308 bits per heavy atom. The second kappa shape index (κ2) is 18.9. The largest absolute Gasteiger partial charge is 0.308 e. The number of fused-ring (bicyclic) bond motifs is 6. The molecule has 0 atom stereocenters. The maximum Gasteiger partial charge on any atom is 0.104 e. The Morgan fingerprint density at radius 3 is 0.962 bits per heavy atom. The van der Waals surface area contributed by atoms with Crippen molar-refractivity contribution in [2.45, 2.75) is 55.4 Å². The van der Waals surface area contributed by atoms with Gasteiger partial charge in [0.1, 0.15) is 11.6 Å². The second-order valence-electron chi connectivity index (χ2n) is 21.6. The molecule has 0 N–H and O–H groups in total. The van der Waals surface area contributed by atoms with Crippen molar-refractivity contribution in [3.05, 3.63) is 256 Å². The van der Waals surface area contributed by atoms with Gasteiger partial charge in [-0.25, -0.2) is 4.98 Å². The molecule has 13 aromatic rings. The Balaban J connectivity index is 1.18. The summed E-state index contributed by atoms with van der Waals surface area (Å²) >= 11 is 0. The zero-order chi connectivity index (χ0) is 53.5. The van der Waals surface area contributed by atoms with E-state index in [4.69, 9.17) is 4.98 Å². The van der Waals surface area contributed by atoms with Gasteiger partial charge >= 0.3 is 0 Å². The lowest BCUT2D eigenvalue weighted by molar-refractivity contribution is 1.12. The summed E-state index contributed by atoms with van der Waals surface area (Å²) in [6.07, 6.45) is 0. The van der Waals surface area contributed by atoms with Gasteiger partial charge in [-0.15, -0.1) is 0 Å². The predicted octanol–water partition coefficient (Wildman–Crippen LogP) is 19.6. The van der Waals surface area contributed by atoms with E-state index in [0.717, 1.165) is 99.8 Å². The summed E-state index contributed by atoms with van der Waals surface area (Å²) in [6, 6.07) is 78.2. The summed E-state index contributed by atoms with van der Waals surface area (Å²) in [4.78, 5) is 5.44. The number of benzene rings is 10. The van der Waals surface area contributed by atoms with E-state index in [2.05, 4.69) is 271 Å². The van der Waals surface area contributed by atoms with E-state index in [0.29, 0.717) is 5.56 Å². The lowest BCUT2D eigenvalue weighted by atomic mass is 9.96. The summed E-state index contributed by atoms with van der Waals surface area (Å²) in [5, 5.41) is 16.7. The molecule has 4 heteroatoms. The average Bonchev–Trinajstić information content (AvgIpc) is 4.18. The molecule has 4 nitrogen and oxygen atoms in total. The minimum atomic E-state index is 0.554. The van der Waals surface area contributed by atoms with Crippen molar-refractivity contribution in [1.82, 2.24) is 14.1 Å². The number of nitrogens with zero attached hydrogens (tertiary/aromatic N) is 4. The van der Waals surface area contributed by atoms with Gasteiger partial charge in [-0.2, -0.15) is 5.26 Å². The van der Waals surface area contributed by atoms with Gasteiger partial charge in [-0.3, -0.25) is 0 Å². The van der Waals surface area contributed by atoms with Crippen LogP contribution in [-0.4, -0.2) is 14.1 Å². The first-order valence-corrected chi connectivity index (χ1v) is 27.0. The molecular weight excluding hydrogens is 945 g/mol. The number of hydrogen-bond acceptors (Lipinski definition) is 2. The zero-order valence-electron chi connectivity index (χ0n) is 45.4. The zero-order valence-corrected chi connectivity index (χ0v) is 45.4.